The summed E-state index contributed by atoms with van der Waals surface area (Å²) in [5, 5.41) is 0. The maximum atomic E-state index is 5.78. The molecule has 0 aliphatic heterocycles. The van der Waals surface area contributed by atoms with Gasteiger partial charge in [0, 0.05) is 0 Å². The molecule has 0 aliphatic carbocycles. The van der Waals surface area contributed by atoms with E-state index in [1.54, 1.807) is 7.11 Å². The molecule has 0 fully saturated rings. The molecule has 1 atom stereocenters. The molecule has 15 heavy (non-hydrogen) atoms. The van der Waals surface area contributed by atoms with Crippen LogP contribution in [0.25, 0.3) is 0 Å². The van der Waals surface area contributed by atoms with E-state index in [1.807, 2.05) is 18.2 Å². The van der Waals surface area contributed by atoms with Gasteiger partial charge >= 0.3 is 0 Å². The van der Waals surface area contributed by atoms with Gasteiger partial charge in [0.2, 0.25) is 0 Å². The first kappa shape index (κ1) is 12.4. The SMILES string of the molecule is CCCC(C)Oc1ccc(OC)cc1Br. The zero-order chi connectivity index (χ0) is 11.3. The third-order valence-electron chi connectivity index (χ3n) is 2.16. The maximum absolute atomic E-state index is 5.78. The third-order valence-corrected chi connectivity index (χ3v) is 2.78. The summed E-state index contributed by atoms with van der Waals surface area (Å²) >= 11 is 3.46. The predicted octanol–water partition coefficient (Wildman–Crippen LogP) is 4.03. The van der Waals surface area contributed by atoms with Crippen molar-refractivity contribution in [3.05, 3.63) is 22.7 Å². The van der Waals surface area contributed by atoms with Crippen molar-refractivity contribution >= 4 is 15.9 Å². The Morgan fingerprint density at radius 2 is 2.13 bits per heavy atom. The molecule has 0 heterocycles. The maximum Gasteiger partial charge on any atom is 0.134 e. The highest BCUT2D eigenvalue weighted by atomic mass is 79.9. The molecular weight excluding hydrogens is 256 g/mol. The highest BCUT2D eigenvalue weighted by molar-refractivity contribution is 9.10. The fraction of sp³-hybridized carbons (Fsp3) is 0.500. The van der Waals surface area contributed by atoms with Crippen LogP contribution in [0.2, 0.25) is 0 Å². The van der Waals surface area contributed by atoms with Crippen molar-refractivity contribution in [3.8, 4) is 11.5 Å². The number of ether oxygens (including phenoxy) is 2. The number of rotatable bonds is 5. The first-order chi connectivity index (χ1) is 7.17. The van der Waals surface area contributed by atoms with Gasteiger partial charge in [-0.25, -0.2) is 0 Å². The molecule has 0 N–H and O–H groups in total. The number of benzene rings is 1. The van der Waals surface area contributed by atoms with E-state index in [0.717, 1.165) is 28.8 Å². The summed E-state index contributed by atoms with van der Waals surface area (Å²) in [4.78, 5) is 0. The molecule has 0 spiro atoms. The van der Waals surface area contributed by atoms with Crippen molar-refractivity contribution in [2.24, 2.45) is 0 Å². The summed E-state index contributed by atoms with van der Waals surface area (Å²) in [5.74, 6) is 1.70. The molecule has 0 amide bonds. The molecule has 0 bridgehead atoms. The summed E-state index contributed by atoms with van der Waals surface area (Å²) in [5.41, 5.74) is 0. The van der Waals surface area contributed by atoms with Crippen LogP contribution in [0.1, 0.15) is 26.7 Å². The van der Waals surface area contributed by atoms with Crippen molar-refractivity contribution in [3.63, 3.8) is 0 Å². The Kier molecular flexibility index (Phi) is 4.95. The predicted molar refractivity (Wildman–Crippen MR) is 65.7 cm³/mol. The number of methoxy groups -OCH3 is 1. The normalized spacial score (nSPS) is 12.3. The Bertz CT molecular complexity index is 312. The van der Waals surface area contributed by atoms with Crippen LogP contribution in [-0.2, 0) is 0 Å². The van der Waals surface area contributed by atoms with Crippen LogP contribution in [0.15, 0.2) is 22.7 Å². The monoisotopic (exact) mass is 272 g/mol. The van der Waals surface area contributed by atoms with Crippen molar-refractivity contribution in [2.45, 2.75) is 32.8 Å². The largest absolute Gasteiger partial charge is 0.497 e. The Labute approximate surface area is 99.7 Å². The van der Waals surface area contributed by atoms with Gasteiger partial charge in [-0.15, -0.1) is 0 Å². The Hall–Kier alpha value is -0.700. The molecule has 3 heteroatoms. The molecule has 1 aromatic rings. The zero-order valence-corrected chi connectivity index (χ0v) is 11.0. The first-order valence-corrected chi connectivity index (χ1v) is 5.96. The van der Waals surface area contributed by atoms with Gasteiger partial charge in [0.05, 0.1) is 17.7 Å². The van der Waals surface area contributed by atoms with Crippen LogP contribution in [0.5, 0.6) is 11.5 Å². The summed E-state index contributed by atoms with van der Waals surface area (Å²) in [7, 11) is 1.65. The molecule has 0 saturated carbocycles. The number of hydrogen-bond acceptors (Lipinski definition) is 2. The molecule has 0 aromatic heterocycles. The van der Waals surface area contributed by atoms with E-state index >= 15 is 0 Å². The summed E-state index contributed by atoms with van der Waals surface area (Å²) in [6.07, 6.45) is 2.45. The van der Waals surface area contributed by atoms with Crippen LogP contribution >= 0.6 is 15.9 Å². The van der Waals surface area contributed by atoms with Gasteiger partial charge in [0.25, 0.3) is 0 Å². The van der Waals surface area contributed by atoms with Gasteiger partial charge in [-0.3, -0.25) is 0 Å². The summed E-state index contributed by atoms with van der Waals surface area (Å²) in [6, 6.07) is 5.74. The quantitative estimate of drug-likeness (QED) is 0.806. The molecule has 1 unspecified atom stereocenters. The minimum Gasteiger partial charge on any atom is -0.497 e. The highest BCUT2D eigenvalue weighted by Crippen LogP contribution is 2.30. The van der Waals surface area contributed by atoms with E-state index in [9.17, 15) is 0 Å². The smallest absolute Gasteiger partial charge is 0.134 e. The van der Waals surface area contributed by atoms with E-state index < -0.39 is 0 Å². The third kappa shape index (κ3) is 3.74. The average molecular weight is 273 g/mol. The molecule has 0 radical (unpaired) electrons. The molecule has 0 saturated heterocycles. The standard InChI is InChI=1S/C12H17BrO2/c1-4-5-9(2)15-12-7-6-10(14-3)8-11(12)13/h6-9H,4-5H2,1-3H3. The van der Waals surface area contributed by atoms with E-state index in [1.165, 1.54) is 0 Å². The second kappa shape index (κ2) is 6.01. The average Bonchev–Trinajstić information content (AvgIpc) is 2.21. The minimum atomic E-state index is 0.250. The lowest BCUT2D eigenvalue weighted by Crippen LogP contribution is -2.11. The molecule has 2 nitrogen and oxygen atoms in total. The van der Waals surface area contributed by atoms with Gasteiger partial charge in [-0.05, 0) is 47.5 Å². The van der Waals surface area contributed by atoms with Crippen molar-refractivity contribution in [2.75, 3.05) is 7.11 Å². The molecule has 1 rings (SSSR count). The Morgan fingerprint density at radius 1 is 1.40 bits per heavy atom. The second-order valence-corrected chi connectivity index (χ2v) is 4.37. The van der Waals surface area contributed by atoms with E-state index in [2.05, 4.69) is 29.8 Å². The zero-order valence-electron chi connectivity index (χ0n) is 9.42. The fourth-order valence-electron chi connectivity index (χ4n) is 1.39. The van der Waals surface area contributed by atoms with Crippen LogP contribution < -0.4 is 9.47 Å². The Morgan fingerprint density at radius 3 is 2.67 bits per heavy atom. The molecule has 84 valence electrons. The molecular formula is C12H17BrO2. The number of halogens is 1. The van der Waals surface area contributed by atoms with E-state index in [0.29, 0.717) is 0 Å². The fourth-order valence-corrected chi connectivity index (χ4v) is 1.84. The first-order valence-electron chi connectivity index (χ1n) is 5.17. The lowest BCUT2D eigenvalue weighted by atomic mass is 10.2. The van der Waals surface area contributed by atoms with Gasteiger partial charge in [0.1, 0.15) is 11.5 Å². The minimum absolute atomic E-state index is 0.250. The van der Waals surface area contributed by atoms with Gasteiger partial charge < -0.3 is 9.47 Å². The Balaban J connectivity index is 2.69. The van der Waals surface area contributed by atoms with Gasteiger partial charge in [-0.2, -0.15) is 0 Å². The van der Waals surface area contributed by atoms with Crippen molar-refractivity contribution in [1.82, 2.24) is 0 Å². The lowest BCUT2D eigenvalue weighted by molar-refractivity contribution is 0.208. The van der Waals surface area contributed by atoms with Gasteiger partial charge in [0.15, 0.2) is 0 Å². The van der Waals surface area contributed by atoms with Crippen LogP contribution in [-0.4, -0.2) is 13.2 Å². The van der Waals surface area contributed by atoms with Crippen molar-refractivity contribution in [1.29, 1.82) is 0 Å². The van der Waals surface area contributed by atoms with E-state index in [4.69, 9.17) is 9.47 Å². The van der Waals surface area contributed by atoms with Crippen LogP contribution in [0, 0.1) is 0 Å². The van der Waals surface area contributed by atoms with E-state index in [-0.39, 0.29) is 6.10 Å². The topological polar surface area (TPSA) is 18.5 Å². The number of hydrogen-bond donors (Lipinski definition) is 0. The molecule has 0 aliphatic rings. The second-order valence-electron chi connectivity index (χ2n) is 3.51. The van der Waals surface area contributed by atoms with Crippen LogP contribution in [0.4, 0.5) is 0 Å². The highest BCUT2D eigenvalue weighted by Gasteiger charge is 2.07. The summed E-state index contributed by atoms with van der Waals surface area (Å²) in [6.45, 7) is 4.24. The lowest BCUT2D eigenvalue weighted by Gasteiger charge is -2.15. The van der Waals surface area contributed by atoms with Crippen LogP contribution in [0.3, 0.4) is 0 Å². The molecule has 1 aromatic carbocycles. The summed E-state index contributed by atoms with van der Waals surface area (Å²) < 4.78 is 11.8. The van der Waals surface area contributed by atoms with Crippen molar-refractivity contribution < 1.29 is 9.47 Å². The van der Waals surface area contributed by atoms with Gasteiger partial charge in [-0.1, -0.05) is 13.3 Å².